The van der Waals surface area contributed by atoms with E-state index in [2.05, 4.69) is 5.32 Å². The molecule has 0 radical (unpaired) electrons. The van der Waals surface area contributed by atoms with E-state index in [-0.39, 0.29) is 11.7 Å². The Hall–Kier alpha value is -2.69. The lowest BCUT2D eigenvalue weighted by atomic mass is 9.82. The van der Waals surface area contributed by atoms with Crippen molar-refractivity contribution in [3.8, 4) is 17.2 Å². The molecule has 5 nitrogen and oxygen atoms in total. The van der Waals surface area contributed by atoms with Gasteiger partial charge in [0.15, 0.2) is 0 Å². The van der Waals surface area contributed by atoms with Crippen molar-refractivity contribution in [2.24, 2.45) is 11.8 Å². The number of rotatable bonds is 7. The number of phenolic OH excluding ortho intramolecular Hbond substituents is 1. The largest absolute Gasteiger partial charge is 0.508 e. The Balaban J connectivity index is 1.36. The minimum Gasteiger partial charge on any atom is -0.508 e. The summed E-state index contributed by atoms with van der Waals surface area (Å²) >= 11 is 0. The molecule has 0 unspecified atom stereocenters. The quantitative estimate of drug-likeness (QED) is 0.774. The normalized spacial score (nSPS) is 19.3. The molecule has 5 heteroatoms. The molecule has 0 heterocycles. The summed E-state index contributed by atoms with van der Waals surface area (Å²) < 4.78 is 11.1. The number of methoxy groups -OCH3 is 1. The van der Waals surface area contributed by atoms with Crippen LogP contribution in [0.15, 0.2) is 48.5 Å². The number of nitrogens with one attached hydrogen (secondary N) is 1. The first-order valence-corrected chi connectivity index (χ1v) is 9.48. The minimum atomic E-state index is -0.0834. The van der Waals surface area contributed by atoms with E-state index in [1.807, 2.05) is 24.3 Å². The highest BCUT2D eigenvalue weighted by atomic mass is 16.5. The van der Waals surface area contributed by atoms with Crippen molar-refractivity contribution in [1.82, 2.24) is 5.32 Å². The number of carbonyl (C=O) groups is 1. The molecule has 2 N–H and O–H groups in total. The second-order valence-corrected chi connectivity index (χ2v) is 7.13. The van der Waals surface area contributed by atoms with Crippen LogP contribution in [0.4, 0.5) is 0 Å². The molecule has 27 heavy (non-hydrogen) atoms. The number of aromatic hydroxyl groups is 1. The standard InChI is InChI=1S/C22H27NO4/c1-26-20-10-12-21(13-11-20)27-15-17-4-2-16(3-5-17)14-23-22(25)18-6-8-19(24)9-7-18/h6-13,16-17,24H,2-5,14-15H2,1H3,(H,23,25)/t16-,17+. The number of phenols is 1. The summed E-state index contributed by atoms with van der Waals surface area (Å²) in [5, 5.41) is 12.3. The zero-order valence-corrected chi connectivity index (χ0v) is 15.7. The summed E-state index contributed by atoms with van der Waals surface area (Å²) in [6, 6.07) is 14.0. The van der Waals surface area contributed by atoms with E-state index in [1.54, 1.807) is 19.2 Å². The minimum absolute atomic E-state index is 0.0834. The van der Waals surface area contributed by atoms with E-state index in [4.69, 9.17) is 9.47 Å². The van der Waals surface area contributed by atoms with Crippen molar-refractivity contribution in [3.63, 3.8) is 0 Å². The number of hydrogen-bond acceptors (Lipinski definition) is 4. The van der Waals surface area contributed by atoms with Gasteiger partial charge in [-0.15, -0.1) is 0 Å². The predicted octanol–water partition coefficient (Wildman–Crippen LogP) is 4.02. The van der Waals surface area contributed by atoms with E-state index in [1.165, 1.54) is 12.1 Å². The van der Waals surface area contributed by atoms with Crippen LogP contribution in [0.25, 0.3) is 0 Å². The van der Waals surface area contributed by atoms with Gasteiger partial charge in [-0.05, 0) is 86.1 Å². The van der Waals surface area contributed by atoms with Crippen molar-refractivity contribution in [3.05, 3.63) is 54.1 Å². The van der Waals surface area contributed by atoms with Crippen molar-refractivity contribution in [1.29, 1.82) is 0 Å². The van der Waals surface area contributed by atoms with Crippen LogP contribution in [-0.4, -0.2) is 31.3 Å². The van der Waals surface area contributed by atoms with Gasteiger partial charge in [0.25, 0.3) is 5.91 Å². The van der Waals surface area contributed by atoms with Gasteiger partial charge in [0.05, 0.1) is 13.7 Å². The summed E-state index contributed by atoms with van der Waals surface area (Å²) in [5.74, 6) is 2.87. The number of ether oxygens (including phenoxy) is 2. The van der Waals surface area contributed by atoms with Crippen LogP contribution in [0, 0.1) is 11.8 Å². The van der Waals surface area contributed by atoms with Crippen LogP contribution in [-0.2, 0) is 0 Å². The van der Waals surface area contributed by atoms with Gasteiger partial charge in [0.2, 0.25) is 0 Å². The SMILES string of the molecule is COc1ccc(OC[C@H]2CC[C@@H](CNC(=O)c3ccc(O)cc3)CC2)cc1. The summed E-state index contributed by atoms with van der Waals surface area (Å²) in [6.07, 6.45) is 4.45. The Morgan fingerprint density at radius 3 is 2.19 bits per heavy atom. The molecule has 0 bridgehead atoms. The van der Waals surface area contributed by atoms with E-state index >= 15 is 0 Å². The Morgan fingerprint density at radius 2 is 1.56 bits per heavy atom. The molecule has 1 amide bonds. The molecule has 1 aliphatic rings. The fraction of sp³-hybridized carbons (Fsp3) is 0.409. The highest BCUT2D eigenvalue weighted by Crippen LogP contribution is 2.29. The molecule has 0 spiro atoms. The van der Waals surface area contributed by atoms with Crippen LogP contribution >= 0.6 is 0 Å². The second-order valence-electron chi connectivity index (χ2n) is 7.13. The highest BCUT2D eigenvalue weighted by Gasteiger charge is 2.22. The lowest BCUT2D eigenvalue weighted by Gasteiger charge is -2.28. The van der Waals surface area contributed by atoms with E-state index in [0.29, 0.717) is 23.9 Å². The molecule has 0 atom stereocenters. The molecule has 2 aromatic rings. The zero-order chi connectivity index (χ0) is 19.1. The van der Waals surface area contributed by atoms with E-state index in [0.717, 1.165) is 43.8 Å². The summed E-state index contributed by atoms with van der Waals surface area (Å²) in [6.45, 7) is 1.44. The molecule has 1 aliphatic carbocycles. The molecule has 1 saturated carbocycles. The Labute approximate surface area is 160 Å². The van der Waals surface area contributed by atoms with Crippen LogP contribution in [0.2, 0.25) is 0 Å². The maximum atomic E-state index is 12.1. The van der Waals surface area contributed by atoms with Gasteiger partial charge in [-0.25, -0.2) is 0 Å². The number of carbonyl (C=O) groups excluding carboxylic acids is 1. The maximum Gasteiger partial charge on any atom is 0.251 e. The van der Waals surface area contributed by atoms with Crippen LogP contribution in [0.1, 0.15) is 36.0 Å². The molecule has 144 valence electrons. The third kappa shape index (κ3) is 5.64. The second kappa shape index (κ2) is 9.31. The molecule has 0 saturated heterocycles. The van der Waals surface area contributed by atoms with Crippen LogP contribution in [0.5, 0.6) is 17.2 Å². The third-order valence-electron chi connectivity index (χ3n) is 5.19. The average Bonchev–Trinajstić information content (AvgIpc) is 2.72. The first-order valence-electron chi connectivity index (χ1n) is 9.48. The summed E-state index contributed by atoms with van der Waals surface area (Å²) in [4.78, 5) is 12.1. The van der Waals surface area contributed by atoms with Gasteiger partial charge >= 0.3 is 0 Å². The summed E-state index contributed by atoms with van der Waals surface area (Å²) in [7, 11) is 1.65. The lowest BCUT2D eigenvalue weighted by molar-refractivity contribution is 0.0938. The lowest BCUT2D eigenvalue weighted by Crippen LogP contribution is -2.32. The fourth-order valence-electron chi connectivity index (χ4n) is 3.44. The number of amides is 1. The molecule has 2 aromatic carbocycles. The Kier molecular flexibility index (Phi) is 6.58. The topological polar surface area (TPSA) is 67.8 Å². The van der Waals surface area contributed by atoms with Crippen molar-refractivity contribution >= 4 is 5.91 Å². The van der Waals surface area contributed by atoms with Gasteiger partial charge < -0.3 is 19.9 Å². The van der Waals surface area contributed by atoms with Crippen molar-refractivity contribution in [2.45, 2.75) is 25.7 Å². The Bertz CT molecular complexity index is 719. The number of benzene rings is 2. The molecule has 1 fully saturated rings. The summed E-state index contributed by atoms with van der Waals surface area (Å²) in [5.41, 5.74) is 0.578. The smallest absolute Gasteiger partial charge is 0.251 e. The van der Waals surface area contributed by atoms with Crippen molar-refractivity contribution in [2.75, 3.05) is 20.3 Å². The van der Waals surface area contributed by atoms with E-state index < -0.39 is 0 Å². The highest BCUT2D eigenvalue weighted by molar-refractivity contribution is 5.94. The van der Waals surface area contributed by atoms with E-state index in [9.17, 15) is 9.90 Å². The van der Waals surface area contributed by atoms with Gasteiger partial charge in [0.1, 0.15) is 17.2 Å². The van der Waals surface area contributed by atoms with Gasteiger partial charge in [-0.2, -0.15) is 0 Å². The predicted molar refractivity (Wildman–Crippen MR) is 104 cm³/mol. The van der Waals surface area contributed by atoms with Crippen molar-refractivity contribution < 1.29 is 19.4 Å². The monoisotopic (exact) mass is 369 g/mol. The molecular weight excluding hydrogens is 342 g/mol. The number of hydrogen-bond donors (Lipinski definition) is 2. The van der Waals surface area contributed by atoms with Gasteiger partial charge in [-0.1, -0.05) is 0 Å². The maximum absolute atomic E-state index is 12.1. The first-order chi connectivity index (χ1) is 13.1. The molecular formula is C22H27NO4. The molecule has 3 rings (SSSR count). The fourth-order valence-corrected chi connectivity index (χ4v) is 3.44. The molecule has 0 aliphatic heterocycles. The third-order valence-corrected chi connectivity index (χ3v) is 5.19. The first kappa shape index (κ1) is 19.1. The molecule has 0 aromatic heterocycles. The zero-order valence-electron chi connectivity index (χ0n) is 15.7. The van der Waals surface area contributed by atoms with Gasteiger partial charge in [0, 0.05) is 12.1 Å². The average molecular weight is 369 g/mol. The van der Waals surface area contributed by atoms with Crippen LogP contribution < -0.4 is 14.8 Å². The van der Waals surface area contributed by atoms with Gasteiger partial charge in [-0.3, -0.25) is 4.79 Å². The Morgan fingerprint density at radius 1 is 0.963 bits per heavy atom. The van der Waals surface area contributed by atoms with Crippen LogP contribution in [0.3, 0.4) is 0 Å².